The summed E-state index contributed by atoms with van der Waals surface area (Å²) >= 11 is 7.06. The van der Waals surface area contributed by atoms with Crippen molar-refractivity contribution < 1.29 is 37.1 Å². The molecule has 2 aliphatic heterocycles. The van der Waals surface area contributed by atoms with Crippen LogP contribution in [-0.2, 0) is 19.2 Å². The van der Waals surface area contributed by atoms with Crippen molar-refractivity contribution in [3.8, 4) is 0 Å². The predicted octanol–water partition coefficient (Wildman–Crippen LogP) is 4.00. The summed E-state index contributed by atoms with van der Waals surface area (Å²) in [5.41, 5.74) is -0.187. The fraction of sp³-hybridized carbons (Fsp3) is 0.458. The van der Waals surface area contributed by atoms with Gasteiger partial charge in [0.15, 0.2) is 0 Å². The van der Waals surface area contributed by atoms with Crippen molar-refractivity contribution in [2.45, 2.75) is 31.1 Å². The molecule has 9 nitrogen and oxygen atoms in total. The Morgan fingerprint density at radius 3 is 2.32 bits per heavy atom. The third-order valence-corrected chi connectivity index (χ3v) is 7.52. The SMILES string of the molecule is O=C(C(NC(=O)N(OC(=O)C(F)(F)F)c1ccc(Cl)cc1)c1cccs1)N1CCC(N2CCOCC2)CC1. The van der Waals surface area contributed by atoms with Crippen molar-refractivity contribution >= 4 is 46.5 Å². The van der Waals surface area contributed by atoms with Crippen molar-refractivity contribution in [1.82, 2.24) is 15.1 Å². The monoisotopic (exact) mass is 574 g/mol. The summed E-state index contributed by atoms with van der Waals surface area (Å²) in [7, 11) is 0. The van der Waals surface area contributed by atoms with Crippen LogP contribution in [0, 0.1) is 0 Å². The molecule has 2 aliphatic rings. The largest absolute Gasteiger partial charge is 0.493 e. The summed E-state index contributed by atoms with van der Waals surface area (Å²) < 4.78 is 44.3. The molecular weight excluding hydrogens is 549 g/mol. The molecular formula is C24H26ClF3N4O5S. The Balaban J connectivity index is 1.50. The molecule has 1 unspecified atom stereocenters. The number of rotatable bonds is 5. The molecule has 206 valence electrons. The van der Waals surface area contributed by atoms with E-state index in [1.54, 1.807) is 22.4 Å². The van der Waals surface area contributed by atoms with Crippen molar-refractivity contribution in [1.29, 1.82) is 0 Å². The van der Waals surface area contributed by atoms with Crippen LogP contribution in [0.3, 0.4) is 0 Å². The molecule has 3 heterocycles. The summed E-state index contributed by atoms with van der Waals surface area (Å²) in [5.74, 6) is -2.99. The van der Waals surface area contributed by atoms with Gasteiger partial charge in [-0.15, -0.1) is 16.4 Å². The number of hydrogen-bond acceptors (Lipinski definition) is 7. The summed E-state index contributed by atoms with van der Waals surface area (Å²) in [6.45, 7) is 3.95. The number of alkyl halides is 3. The molecule has 0 aliphatic carbocycles. The number of thiophene rings is 1. The maximum Gasteiger partial charge on any atom is 0.493 e. The molecule has 0 bridgehead atoms. The van der Waals surface area contributed by atoms with E-state index in [0.717, 1.165) is 25.9 Å². The van der Waals surface area contributed by atoms with Crippen LogP contribution in [0.1, 0.15) is 23.8 Å². The van der Waals surface area contributed by atoms with Crippen LogP contribution in [0.5, 0.6) is 0 Å². The van der Waals surface area contributed by atoms with Gasteiger partial charge in [0.1, 0.15) is 6.04 Å². The zero-order valence-corrected chi connectivity index (χ0v) is 21.7. The number of hydroxylamine groups is 1. The van der Waals surface area contributed by atoms with Gasteiger partial charge in [-0.25, -0.2) is 9.59 Å². The molecule has 2 aromatic rings. The lowest BCUT2D eigenvalue weighted by atomic mass is 10.0. The average Bonchev–Trinajstić information content (AvgIpc) is 3.45. The first-order valence-corrected chi connectivity index (χ1v) is 13.2. The minimum Gasteiger partial charge on any atom is -0.379 e. The number of piperidine rings is 1. The first kappa shape index (κ1) is 28.1. The Hall–Kier alpha value is -2.87. The van der Waals surface area contributed by atoms with E-state index in [0.29, 0.717) is 37.2 Å². The number of urea groups is 1. The fourth-order valence-electron chi connectivity index (χ4n) is 4.39. The highest BCUT2D eigenvalue weighted by molar-refractivity contribution is 7.10. The number of nitrogens with zero attached hydrogens (tertiary/aromatic N) is 3. The van der Waals surface area contributed by atoms with E-state index in [2.05, 4.69) is 15.1 Å². The molecule has 1 aromatic heterocycles. The molecule has 0 spiro atoms. The van der Waals surface area contributed by atoms with Gasteiger partial charge < -0.3 is 19.8 Å². The predicted molar refractivity (Wildman–Crippen MR) is 134 cm³/mol. The number of hydrogen-bond donors (Lipinski definition) is 1. The molecule has 2 saturated heterocycles. The molecule has 38 heavy (non-hydrogen) atoms. The van der Waals surface area contributed by atoms with E-state index >= 15 is 0 Å². The van der Waals surface area contributed by atoms with Crippen molar-refractivity contribution in [3.05, 3.63) is 51.7 Å². The normalized spacial score (nSPS) is 18.1. The Kier molecular flexibility index (Phi) is 9.13. The maximum atomic E-state index is 13.6. The molecule has 1 N–H and O–H groups in total. The smallest absolute Gasteiger partial charge is 0.379 e. The lowest BCUT2D eigenvalue weighted by Gasteiger charge is -2.40. The average molecular weight is 575 g/mol. The number of amides is 3. The Labute approximate surface area is 226 Å². The molecule has 3 amide bonds. The standard InChI is InChI=1S/C24H26ClF3N4O5S/c25-16-3-5-18(6-4-16)32(37-22(34)24(26,27)28)23(35)29-20(19-2-1-15-38-19)21(33)31-9-7-17(8-10-31)30-11-13-36-14-12-30/h1-6,15,17,20H,7-14H2,(H,29,35). The number of carbonyl (C=O) groups excluding carboxylic acids is 3. The molecule has 1 aromatic carbocycles. The van der Waals surface area contributed by atoms with Gasteiger partial charge in [-0.3, -0.25) is 9.69 Å². The first-order chi connectivity index (χ1) is 18.1. The Morgan fingerprint density at radius 1 is 1.08 bits per heavy atom. The summed E-state index contributed by atoms with van der Waals surface area (Å²) in [6, 6.07) is 6.30. The van der Waals surface area contributed by atoms with Gasteiger partial charge in [-0.05, 0) is 48.6 Å². The molecule has 2 fully saturated rings. The highest BCUT2D eigenvalue weighted by Crippen LogP contribution is 2.27. The van der Waals surface area contributed by atoms with E-state index in [4.69, 9.17) is 16.3 Å². The molecule has 0 saturated carbocycles. The highest BCUT2D eigenvalue weighted by Gasteiger charge is 2.44. The van der Waals surface area contributed by atoms with Gasteiger partial charge in [-0.2, -0.15) is 13.2 Å². The van der Waals surface area contributed by atoms with Crippen LogP contribution >= 0.6 is 22.9 Å². The lowest BCUT2D eigenvalue weighted by molar-refractivity contribution is -0.199. The first-order valence-electron chi connectivity index (χ1n) is 11.9. The number of carbonyl (C=O) groups is 3. The number of halogens is 4. The van der Waals surface area contributed by atoms with Gasteiger partial charge in [0.05, 0.1) is 18.9 Å². The zero-order valence-electron chi connectivity index (χ0n) is 20.2. The van der Waals surface area contributed by atoms with Gasteiger partial charge >= 0.3 is 18.2 Å². The molecule has 4 rings (SSSR count). The third kappa shape index (κ3) is 6.95. The van der Waals surface area contributed by atoms with Crippen LogP contribution in [0.4, 0.5) is 23.7 Å². The highest BCUT2D eigenvalue weighted by atomic mass is 35.5. The Morgan fingerprint density at radius 2 is 1.74 bits per heavy atom. The van der Waals surface area contributed by atoms with Crippen LogP contribution < -0.4 is 10.4 Å². The van der Waals surface area contributed by atoms with E-state index in [1.807, 2.05) is 0 Å². The summed E-state index contributed by atoms with van der Waals surface area (Å²) in [5, 5.41) is 4.60. The second-order valence-electron chi connectivity index (χ2n) is 8.75. The summed E-state index contributed by atoms with van der Waals surface area (Å²) in [4.78, 5) is 47.2. The number of morpholine rings is 1. The molecule has 0 radical (unpaired) electrons. The number of benzene rings is 1. The number of nitrogens with one attached hydrogen (secondary N) is 1. The quantitative estimate of drug-likeness (QED) is 0.543. The van der Waals surface area contributed by atoms with Crippen molar-refractivity contribution in [2.75, 3.05) is 44.5 Å². The van der Waals surface area contributed by atoms with Gasteiger partial charge in [0, 0.05) is 42.1 Å². The zero-order chi connectivity index (χ0) is 27.3. The maximum absolute atomic E-state index is 13.6. The van der Waals surface area contributed by atoms with E-state index in [9.17, 15) is 27.6 Å². The van der Waals surface area contributed by atoms with Gasteiger partial charge in [0.2, 0.25) is 0 Å². The lowest BCUT2D eigenvalue weighted by Crippen LogP contribution is -2.53. The fourth-order valence-corrected chi connectivity index (χ4v) is 5.28. The van der Waals surface area contributed by atoms with E-state index in [-0.39, 0.29) is 15.8 Å². The number of ether oxygens (including phenoxy) is 1. The number of anilines is 1. The van der Waals surface area contributed by atoms with E-state index in [1.165, 1.54) is 35.6 Å². The van der Waals surface area contributed by atoms with E-state index < -0.39 is 30.1 Å². The van der Waals surface area contributed by atoms with Gasteiger partial charge in [-0.1, -0.05) is 17.7 Å². The van der Waals surface area contributed by atoms with Crippen LogP contribution in [0.15, 0.2) is 41.8 Å². The van der Waals surface area contributed by atoms with Crippen molar-refractivity contribution in [2.24, 2.45) is 0 Å². The second-order valence-corrected chi connectivity index (χ2v) is 10.2. The molecule has 14 heteroatoms. The molecule has 1 atom stereocenters. The number of likely N-dealkylation sites (tertiary alicyclic amines) is 1. The summed E-state index contributed by atoms with van der Waals surface area (Å²) in [6.07, 6.45) is -3.85. The van der Waals surface area contributed by atoms with Gasteiger partial charge in [0.25, 0.3) is 5.91 Å². The topological polar surface area (TPSA) is 91.4 Å². The minimum absolute atomic E-state index is 0.171. The second kappa shape index (κ2) is 12.3. The van der Waals surface area contributed by atoms with Crippen molar-refractivity contribution in [3.63, 3.8) is 0 Å². The minimum atomic E-state index is -5.35. The van der Waals surface area contributed by atoms with Crippen LogP contribution in [-0.4, -0.2) is 79.3 Å². The Bertz CT molecular complexity index is 1110. The third-order valence-electron chi connectivity index (χ3n) is 6.33. The van der Waals surface area contributed by atoms with Crippen LogP contribution in [0.25, 0.3) is 0 Å². The van der Waals surface area contributed by atoms with Crippen LogP contribution in [0.2, 0.25) is 5.02 Å².